The molecule has 26 heavy (non-hydrogen) atoms. The predicted octanol–water partition coefficient (Wildman–Crippen LogP) is 1.88. The highest BCUT2D eigenvalue weighted by Crippen LogP contribution is 2.10. The second-order valence-electron chi connectivity index (χ2n) is 6.56. The lowest BCUT2D eigenvalue weighted by atomic mass is 10.2. The molecule has 6 nitrogen and oxygen atoms in total. The zero-order chi connectivity index (χ0) is 18.8. The Balaban J connectivity index is 1.60. The average Bonchev–Trinajstić information content (AvgIpc) is 2.88. The van der Waals surface area contributed by atoms with Crippen molar-refractivity contribution in [2.24, 2.45) is 0 Å². The van der Waals surface area contributed by atoms with Crippen molar-refractivity contribution in [3.05, 3.63) is 30.1 Å². The fourth-order valence-electron chi connectivity index (χ4n) is 2.97. The Kier molecular flexibility index (Phi) is 8.47. The molecule has 1 aromatic carbocycles. The van der Waals surface area contributed by atoms with Gasteiger partial charge in [-0.2, -0.15) is 0 Å². The lowest BCUT2D eigenvalue weighted by Crippen LogP contribution is -2.33. The van der Waals surface area contributed by atoms with Gasteiger partial charge in [-0.15, -0.1) is 0 Å². The molecule has 1 aromatic rings. The van der Waals surface area contributed by atoms with Crippen LogP contribution < -0.4 is 10.0 Å². The summed E-state index contributed by atoms with van der Waals surface area (Å²) in [5, 5.41) is 2.82. The molecule has 0 saturated carbocycles. The summed E-state index contributed by atoms with van der Waals surface area (Å²) in [6, 6.07) is 4.57. The van der Waals surface area contributed by atoms with Crippen molar-refractivity contribution in [1.29, 1.82) is 0 Å². The summed E-state index contributed by atoms with van der Waals surface area (Å²) in [6.45, 7) is 3.87. The molecule has 1 amide bonds. The standard InChI is InChI=1S/C18H28FN3O3S/c19-16-6-8-17(9-7-16)26(24,25)21-12-10-18(23)20-11-5-15-22-13-3-1-2-4-14-22/h6-9,21H,1-5,10-15H2,(H,20,23). The Morgan fingerprint density at radius 3 is 2.35 bits per heavy atom. The smallest absolute Gasteiger partial charge is 0.240 e. The van der Waals surface area contributed by atoms with Gasteiger partial charge >= 0.3 is 0 Å². The summed E-state index contributed by atoms with van der Waals surface area (Å²) in [4.78, 5) is 14.2. The predicted molar refractivity (Wildman–Crippen MR) is 98.7 cm³/mol. The van der Waals surface area contributed by atoms with Gasteiger partial charge in [0.1, 0.15) is 5.82 Å². The van der Waals surface area contributed by atoms with Crippen LogP contribution in [-0.4, -0.2) is 51.9 Å². The number of sulfonamides is 1. The maximum atomic E-state index is 12.8. The van der Waals surface area contributed by atoms with Crippen molar-refractivity contribution in [2.75, 3.05) is 32.7 Å². The molecule has 1 heterocycles. The molecule has 2 rings (SSSR count). The van der Waals surface area contributed by atoms with E-state index in [1.165, 1.54) is 37.8 Å². The number of hydrogen-bond donors (Lipinski definition) is 2. The van der Waals surface area contributed by atoms with E-state index in [-0.39, 0.29) is 23.8 Å². The minimum atomic E-state index is -3.72. The minimum absolute atomic E-state index is 0.0116. The fourth-order valence-corrected chi connectivity index (χ4v) is 4.01. The molecule has 1 aliphatic heterocycles. The number of nitrogens with zero attached hydrogens (tertiary/aromatic N) is 1. The first-order valence-corrected chi connectivity index (χ1v) is 10.7. The van der Waals surface area contributed by atoms with Crippen LogP contribution >= 0.6 is 0 Å². The average molecular weight is 386 g/mol. The highest BCUT2D eigenvalue weighted by atomic mass is 32.2. The molecule has 8 heteroatoms. The largest absolute Gasteiger partial charge is 0.356 e. The van der Waals surface area contributed by atoms with E-state index in [4.69, 9.17) is 0 Å². The molecule has 146 valence electrons. The normalized spacial score (nSPS) is 16.2. The second kappa shape index (κ2) is 10.6. The molecule has 0 aliphatic carbocycles. The number of carbonyl (C=O) groups excluding carboxylic acids is 1. The molecule has 0 aromatic heterocycles. The Hall–Kier alpha value is -1.51. The maximum Gasteiger partial charge on any atom is 0.240 e. The van der Waals surface area contributed by atoms with Gasteiger partial charge in [0.05, 0.1) is 4.90 Å². The van der Waals surface area contributed by atoms with Crippen molar-refractivity contribution >= 4 is 15.9 Å². The summed E-state index contributed by atoms with van der Waals surface area (Å²) in [6.07, 6.45) is 6.08. The first-order chi connectivity index (χ1) is 12.5. The number of carbonyl (C=O) groups is 1. The molecule has 0 atom stereocenters. The van der Waals surface area contributed by atoms with Crippen LogP contribution in [0, 0.1) is 5.82 Å². The third kappa shape index (κ3) is 7.39. The van der Waals surface area contributed by atoms with Gasteiger partial charge in [-0.3, -0.25) is 4.79 Å². The number of halogens is 1. The summed E-state index contributed by atoms with van der Waals surface area (Å²) < 4.78 is 39.2. The monoisotopic (exact) mass is 385 g/mol. The van der Waals surface area contributed by atoms with Crippen molar-refractivity contribution in [3.63, 3.8) is 0 Å². The van der Waals surface area contributed by atoms with Crippen LogP contribution in [0.5, 0.6) is 0 Å². The van der Waals surface area contributed by atoms with Crippen molar-refractivity contribution in [2.45, 2.75) is 43.4 Å². The Morgan fingerprint density at radius 1 is 1.04 bits per heavy atom. The highest BCUT2D eigenvalue weighted by Gasteiger charge is 2.14. The van der Waals surface area contributed by atoms with Gasteiger partial charge in [-0.25, -0.2) is 17.5 Å². The van der Waals surface area contributed by atoms with Crippen LogP contribution in [0.4, 0.5) is 4.39 Å². The molecule has 0 bridgehead atoms. The van der Waals surface area contributed by atoms with Crippen LogP contribution in [0.3, 0.4) is 0 Å². The van der Waals surface area contributed by atoms with Crippen LogP contribution in [-0.2, 0) is 14.8 Å². The zero-order valence-corrected chi connectivity index (χ0v) is 15.9. The van der Waals surface area contributed by atoms with E-state index in [2.05, 4.69) is 14.9 Å². The molecule has 1 aliphatic rings. The number of amides is 1. The second-order valence-corrected chi connectivity index (χ2v) is 8.33. The van der Waals surface area contributed by atoms with Gasteiger partial charge in [0.25, 0.3) is 0 Å². The number of nitrogens with one attached hydrogen (secondary N) is 2. The third-order valence-corrected chi connectivity index (χ3v) is 5.92. The van der Waals surface area contributed by atoms with Gasteiger partial charge in [0.2, 0.25) is 15.9 Å². The number of likely N-dealkylation sites (tertiary alicyclic amines) is 1. The number of rotatable bonds is 9. The van der Waals surface area contributed by atoms with Crippen LogP contribution in [0.1, 0.15) is 38.5 Å². The molecule has 2 N–H and O–H groups in total. The Morgan fingerprint density at radius 2 is 1.69 bits per heavy atom. The van der Waals surface area contributed by atoms with Crippen LogP contribution in [0.15, 0.2) is 29.2 Å². The van der Waals surface area contributed by atoms with E-state index in [9.17, 15) is 17.6 Å². The van der Waals surface area contributed by atoms with E-state index in [1.807, 2.05) is 0 Å². The Bertz CT molecular complexity index is 657. The number of benzene rings is 1. The first-order valence-electron chi connectivity index (χ1n) is 9.22. The van der Waals surface area contributed by atoms with Crippen molar-refractivity contribution in [1.82, 2.24) is 14.9 Å². The van der Waals surface area contributed by atoms with Gasteiger partial charge in [0.15, 0.2) is 0 Å². The maximum absolute atomic E-state index is 12.8. The topological polar surface area (TPSA) is 78.5 Å². The number of hydrogen-bond acceptors (Lipinski definition) is 4. The quantitative estimate of drug-likeness (QED) is 0.636. The van der Waals surface area contributed by atoms with Gasteiger partial charge in [-0.05, 0) is 63.2 Å². The van der Waals surface area contributed by atoms with Crippen molar-refractivity contribution in [3.8, 4) is 0 Å². The van der Waals surface area contributed by atoms with Gasteiger partial charge < -0.3 is 10.2 Å². The van der Waals surface area contributed by atoms with E-state index in [0.717, 1.165) is 38.2 Å². The summed E-state index contributed by atoms with van der Waals surface area (Å²) in [5.41, 5.74) is 0. The van der Waals surface area contributed by atoms with Crippen LogP contribution in [0.25, 0.3) is 0 Å². The lowest BCUT2D eigenvalue weighted by molar-refractivity contribution is -0.120. The molecule has 0 radical (unpaired) electrons. The third-order valence-electron chi connectivity index (χ3n) is 4.44. The van der Waals surface area contributed by atoms with Gasteiger partial charge in [0, 0.05) is 19.5 Å². The highest BCUT2D eigenvalue weighted by molar-refractivity contribution is 7.89. The van der Waals surface area contributed by atoms with E-state index >= 15 is 0 Å². The molecular formula is C18H28FN3O3S. The summed E-state index contributed by atoms with van der Waals surface area (Å²) >= 11 is 0. The molecule has 0 unspecified atom stereocenters. The van der Waals surface area contributed by atoms with Crippen LogP contribution in [0.2, 0.25) is 0 Å². The first kappa shape index (κ1) is 20.8. The zero-order valence-electron chi connectivity index (χ0n) is 15.0. The molecule has 1 fully saturated rings. The SMILES string of the molecule is O=C(CCNS(=O)(=O)c1ccc(F)cc1)NCCCN1CCCCCC1. The Labute approximate surface area is 155 Å². The van der Waals surface area contributed by atoms with E-state index in [1.54, 1.807) is 0 Å². The van der Waals surface area contributed by atoms with E-state index in [0.29, 0.717) is 6.54 Å². The molecule has 0 spiro atoms. The summed E-state index contributed by atoms with van der Waals surface area (Å²) in [7, 11) is -3.72. The summed E-state index contributed by atoms with van der Waals surface area (Å²) in [5.74, 6) is -0.675. The minimum Gasteiger partial charge on any atom is -0.356 e. The lowest BCUT2D eigenvalue weighted by Gasteiger charge is -2.19. The molecule has 1 saturated heterocycles. The van der Waals surface area contributed by atoms with Gasteiger partial charge in [-0.1, -0.05) is 12.8 Å². The van der Waals surface area contributed by atoms with E-state index < -0.39 is 15.8 Å². The fraction of sp³-hybridized carbons (Fsp3) is 0.611. The van der Waals surface area contributed by atoms with Crippen molar-refractivity contribution < 1.29 is 17.6 Å². The molecular weight excluding hydrogens is 357 g/mol.